The first kappa shape index (κ1) is 9.22. The van der Waals surface area contributed by atoms with Gasteiger partial charge in [0, 0.05) is 6.04 Å². The smallest absolute Gasteiger partial charge is 0.115 e. The summed E-state index contributed by atoms with van der Waals surface area (Å²) in [6.07, 6.45) is 5.00. The van der Waals surface area contributed by atoms with Crippen molar-refractivity contribution in [3.63, 3.8) is 0 Å². The zero-order valence-corrected chi connectivity index (χ0v) is 8.87. The molecular weight excluding hydrogens is 186 g/mol. The first-order valence-corrected chi connectivity index (χ1v) is 5.90. The van der Waals surface area contributed by atoms with E-state index in [1.807, 2.05) is 12.1 Å². The summed E-state index contributed by atoms with van der Waals surface area (Å²) >= 11 is 0. The Morgan fingerprint density at radius 2 is 2.20 bits per heavy atom. The maximum Gasteiger partial charge on any atom is 0.115 e. The zero-order valence-electron chi connectivity index (χ0n) is 8.87. The van der Waals surface area contributed by atoms with Gasteiger partial charge in [0.05, 0.1) is 0 Å². The second-order valence-corrected chi connectivity index (χ2v) is 4.73. The van der Waals surface area contributed by atoms with Crippen LogP contribution in [-0.2, 0) is 6.42 Å². The second kappa shape index (κ2) is 3.53. The third-order valence-corrected chi connectivity index (χ3v) is 3.83. The number of hydrogen-bond donors (Lipinski definition) is 2. The Kier molecular flexibility index (Phi) is 2.17. The molecule has 2 heteroatoms. The molecule has 1 heterocycles. The van der Waals surface area contributed by atoms with E-state index in [9.17, 15) is 5.11 Å². The van der Waals surface area contributed by atoms with Gasteiger partial charge in [-0.15, -0.1) is 0 Å². The summed E-state index contributed by atoms with van der Waals surface area (Å²) in [7, 11) is 0. The molecule has 2 nitrogen and oxygen atoms in total. The number of aryl methyl sites for hydroxylation is 1. The Balaban J connectivity index is 1.90. The van der Waals surface area contributed by atoms with Crippen molar-refractivity contribution in [2.75, 3.05) is 6.54 Å². The zero-order chi connectivity index (χ0) is 10.3. The Morgan fingerprint density at radius 1 is 1.27 bits per heavy atom. The van der Waals surface area contributed by atoms with Gasteiger partial charge in [0.15, 0.2) is 0 Å². The first-order chi connectivity index (χ1) is 7.34. The first-order valence-electron chi connectivity index (χ1n) is 5.90. The van der Waals surface area contributed by atoms with Crippen LogP contribution in [0.2, 0.25) is 0 Å². The Labute approximate surface area is 90.3 Å². The van der Waals surface area contributed by atoms with Crippen LogP contribution in [0.4, 0.5) is 0 Å². The van der Waals surface area contributed by atoms with E-state index in [-0.39, 0.29) is 0 Å². The predicted molar refractivity (Wildman–Crippen MR) is 60.2 cm³/mol. The molecule has 1 aromatic rings. The lowest BCUT2D eigenvalue weighted by atomic mass is 9.92. The van der Waals surface area contributed by atoms with Crippen LogP contribution in [0.25, 0.3) is 0 Å². The summed E-state index contributed by atoms with van der Waals surface area (Å²) in [4.78, 5) is 0. The van der Waals surface area contributed by atoms with Crippen LogP contribution in [0.3, 0.4) is 0 Å². The lowest BCUT2D eigenvalue weighted by Gasteiger charge is -2.19. The van der Waals surface area contributed by atoms with Crippen molar-refractivity contribution in [3.8, 4) is 5.75 Å². The van der Waals surface area contributed by atoms with E-state index in [0.717, 1.165) is 6.42 Å². The number of fused-ring (bicyclic) bond motifs is 1. The fraction of sp³-hybridized carbons (Fsp3) is 0.538. The normalized spacial score (nSPS) is 29.3. The Hall–Kier alpha value is -1.02. The highest BCUT2D eigenvalue weighted by Gasteiger charge is 2.31. The minimum absolute atomic E-state index is 0.411. The molecule has 2 unspecified atom stereocenters. The van der Waals surface area contributed by atoms with Gasteiger partial charge < -0.3 is 10.4 Å². The van der Waals surface area contributed by atoms with Crippen molar-refractivity contribution in [1.82, 2.24) is 5.32 Å². The van der Waals surface area contributed by atoms with Crippen LogP contribution in [-0.4, -0.2) is 17.7 Å². The molecule has 2 N–H and O–H groups in total. The summed E-state index contributed by atoms with van der Waals surface area (Å²) in [5, 5.41) is 13.0. The molecule has 1 saturated heterocycles. The molecule has 0 radical (unpaired) electrons. The summed E-state index contributed by atoms with van der Waals surface area (Å²) in [6, 6.07) is 6.55. The van der Waals surface area contributed by atoms with Gasteiger partial charge in [0.25, 0.3) is 0 Å². The molecule has 2 aliphatic rings. The van der Waals surface area contributed by atoms with E-state index in [1.165, 1.54) is 36.9 Å². The standard InChI is InChI=1S/C13H17NO/c15-10-4-6-11-9(8-10)3-5-12(11)13-2-1-7-14-13/h4,6,8,12-15H,1-3,5,7H2. The van der Waals surface area contributed by atoms with Gasteiger partial charge in [-0.2, -0.15) is 0 Å². The molecule has 0 saturated carbocycles. The van der Waals surface area contributed by atoms with E-state index in [1.54, 1.807) is 0 Å². The number of nitrogens with one attached hydrogen (secondary N) is 1. The topological polar surface area (TPSA) is 32.3 Å². The van der Waals surface area contributed by atoms with Gasteiger partial charge in [-0.1, -0.05) is 6.07 Å². The van der Waals surface area contributed by atoms with Crippen LogP contribution >= 0.6 is 0 Å². The lowest BCUT2D eigenvalue weighted by molar-refractivity contribution is 0.473. The SMILES string of the molecule is Oc1ccc2c(c1)CCC2C1CCCN1. The number of phenols is 1. The van der Waals surface area contributed by atoms with Gasteiger partial charge in [-0.05, 0) is 61.4 Å². The van der Waals surface area contributed by atoms with E-state index in [0.29, 0.717) is 17.7 Å². The van der Waals surface area contributed by atoms with Crippen LogP contribution in [0.1, 0.15) is 36.3 Å². The van der Waals surface area contributed by atoms with E-state index in [2.05, 4.69) is 11.4 Å². The molecule has 1 fully saturated rings. The van der Waals surface area contributed by atoms with Gasteiger partial charge in [0.1, 0.15) is 5.75 Å². The van der Waals surface area contributed by atoms with Crippen molar-refractivity contribution in [1.29, 1.82) is 0 Å². The summed E-state index contributed by atoms with van der Waals surface area (Å²) in [6.45, 7) is 1.18. The summed E-state index contributed by atoms with van der Waals surface area (Å²) in [5.74, 6) is 1.09. The molecule has 0 amide bonds. The number of benzene rings is 1. The monoisotopic (exact) mass is 203 g/mol. The molecule has 15 heavy (non-hydrogen) atoms. The van der Waals surface area contributed by atoms with Gasteiger partial charge in [-0.3, -0.25) is 0 Å². The quantitative estimate of drug-likeness (QED) is 0.733. The van der Waals surface area contributed by atoms with Crippen molar-refractivity contribution < 1.29 is 5.11 Å². The molecule has 1 aliphatic carbocycles. The molecule has 3 rings (SSSR count). The maximum absolute atomic E-state index is 9.43. The molecule has 1 aliphatic heterocycles. The highest BCUT2D eigenvalue weighted by molar-refractivity contribution is 5.41. The fourth-order valence-electron chi connectivity index (χ4n) is 3.11. The molecule has 0 bridgehead atoms. The van der Waals surface area contributed by atoms with Gasteiger partial charge >= 0.3 is 0 Å². The third kappa shape index (κ3) is 1.53. The van der Waals surface area contributed by atoms with Gasteiger partial charge in [-0.25, -0.2) is 0 Å². The average Bonchev–Trinajstić information content (AvgIpc) is 2.82. The molecule has 2 atom stereocenters. The second-order valence-electron chi connectivity index (χ2n) is 4.73. The van der Waals surface area contributed by atoms with Crippen LogP contribution in [0, 0.1) is 0 Å². The highest BCUT2D eigenvalue weighted by Crippen LogP contribution is 2.39. The third-order valence-electron chi connectivity index (χ3n) is 3.83. The molecular formula is C13H17NO. The van der Waals surface area contributed by atoms with Crippen molar-refractivity contribution in [2.45, 2.75) is 37.6 Å². The van der Waals surface area contributed by atoms with Gasteiger partial charge in [0.2, 0.25) is 0 Å². The molecule has 1 aromatic carbocycles. The minimum atomic E-state index is 0.411. The van der Waals surface area contributed by atoms with E-state index in [4.69, 9.17) is 0 Å². The minimum Gasteiger partial charge on any atom is -0.508 e. The van der Waals surface area contributed by atoms with Crippen LogP contribution in [0.5, 0.6) is 5.75 Å². The van der Waals surface area contributed by atoms with E-state index >= 15 is 0 Å². The average molecular weight is 203 g/mol. The number of hydrogen-bond acceptors (Lipinski definition) is 2. The van der Waals surface area contributed by atoms with Crippen LogP contribution < -0.4 is 5.32 Å². The number of aromatic hydroxyl groups is 1. The van der Waals surface area contributed by atoms with Crippen molar-refractivity contribution in [2.24, 2.45) is 0 Å². The molecule has 0 spiro atoms. The van der Waals surface area contributed by atoms with Crippen LogP contribution in [0.15, 0.2) is 18.2 Å². The van der Waals surface area contributed by atoms with Crippen molar-refractivity contribution >= 4 is 0 Å². The summed E-state index contributed by atoms with van der Waals surface area (Å²) in [5.41, 5.74) is 2.82. The predicted octanol–water partition coefficient (Wildman–Crippen LogP) is 2.17. The number of rotatable bonds is 1. The summed E-state index contributed by atoms with van der Waals surface area (Å²) < 4.78 is 0. The molecule has 0 aromatic heterocycles. The van der Waals surface area contributed by atoms with E-state index < -0.39 is 0 Å². The largest absolute Gasteiger partial charge is 0.508 e. The fourth-order valence-corrected chi connectivity index (χ4v) is 3.11. The highest BCUT2D eigenvalue weighted by atomic mass is 16.3. The molecule has 80 valence electrons. The maximum atomic E-state index is 9.43. The number of phenolic OH excluding ortho intramolecular Hbond substituents is 1. The lowest BCUT2D eigenvalue weighted by Crippen LogP contribution is -2.27. The van der Waals surface area contributed by atoms with Crippen molar-refractivity contribution in [3.05, 3.63) is 29.3 Å². The Bertz CT molecular complexity index is 369. The Morgan fingerprint density at radius 3 is 3.00 bits per heavy atom.